The highest BCUT2D eigenvalue weighted by Crippen LogP contribution is 2.50. The number of hydrogen-bond donors (Lipinski definition) is 1. The Balaban J connectivity index is 1.20. The van der Waals surface area contributed by atoms with Crippen LogP contribution in [0.3, 0.4) is 0 Å². The number of hydrogen-bond acceptors (Lipinski definition) is 3. The van der Waals surface area contributed by atoms with Crippen molar-refractivity contribution in [3.05, 3.63) is 35.9 Å². The highest BCUT2D eigenvalue weighted by atomic mass is 16.2. The Bertz CT molecular complexity index is 835. The van der Waals surface area contributed by atoms with Crippen LogP contribution < -0.4 is 5.32 Å². The molecule has 1 spiro atoms. The average Bonchev–Trinajstić information content (AvgIpc) is 3.26. The van der Waals surface area contributed by atoms with Crippen LogP contribution in [0.1, 0.15) is 38.2 Å². The molecule has 3 fully saturated rings. The summed E-state index contributed by atoms with van der Waals surface area (Å²) in [5.74, 6) is 2.28. The maximum absolute atomic E-state index is 13.3. The number of carbonyl (C=O) groups is 2. The molecule has 2 heterocycles. The number of nitrogens with one attached hydrogen (secondary N) is 1. The minimum atomic E-state index is -0.608. The standard InChI is InChI=1S/C23H30N4O2/c1-16-25-23(21(28)27(16)13-18-7-8-18)11-9-19-14-26(15-20(19)23)22(29)24-12-10-17-5-3-2-4-6-17/h2-6,18-20H,7-15H2,1H3,(H,24,29)/t19-,20+,23-/m1/s1. The van der Waals surface area contributed by atoms with Crippen molar-refractivity contribution in [2.45, 2.75) is 44.6 Å². The fourth-order valence-corrected chi connectivity index (χ4v) is 5.49. The number of amides is 3. The number of amidine groups is 1. The molecule has 0 radical (unpaired) electrons. The van der Waals surface area contributed by atoms with Crippen LogP contribution >= 0.6 is 0 Å². The van der Waals surface area contributed by atoms with Gasteiger partial charge >= 0.3 is 6.03 Å². The van der Waals surface area contributed by atoms with E-state index in [9.17, 15) is 9.59 Å². The van der Waals surface area contributed by atoms with Gasteiger partial charge in [0.1, 0.15) is 11.4 Å². The Morgan fingerprint density at radius 3 is 2.76 bits per heavy atom. The van der Waals surface area contributed by atoms with Crippen LogP contribution in [0.2, 0.25) is 0 Å². The molecule has 154 valence electrons. The summed E-state index contributed by atoms with van der Waals surface area (Å²) in [5.41, 5.74) is 0.616. The third-order valence-electron chi connectivity index (χ3n) is 7.28. The topological polar surface area (TPSA) is 65.0 Å². The molecule has 1 N–H and O–H groups in total. The lowest BCUT2D eigenvalue weighted by Gasteiger charge is -2.28. The van der Waals surface area contributed by atoms with Crippen LogP contribution in [0.15, 0.2) is 35.3 Å². The summed E-state index contributed by atoms with van der Waals surface area (Å²) in [4.78, 5) is 34.8. The molecule has 0 aromatic heterocycles. The van der Waals surface area contributed by atoms with Crippen molar-refractivity contribution in [2.75, 3.05) is 26.2 Å². The van der Waals surface area contributed by atoms with E-state index in [2.05, 4.69) is 17.4 Å². The molecule has 1 aromatic carbocycles. The van der Waals surface area contributed by atoms with Gasteiger partial charge in [-0.1, -0.05) is 30.3 Å². The van der Waals surface area contributed by atoms with Crippen LogP contribution in [-0.4, -0.2) is 59.3 Å². The zero-order valence-corrected chi connectivity index (χ0v) is 17.1. The number of carbonyl (C=O) groups excluding carboxylic acids is 2. The SMILES string of the molecule is CC1=N[C@@]2(CC[C@@H]3CN(C(=O)NCCc4ccccc4)C[C@@H]32)C(=O)N1CC1CC1. The van der Waals surface area contributed by atoms with Gasteiger partial charge in [-0.3, -0.25) is 14.7 Å². The molecule has 2 aliphatic carbocycles. The van der Waals surface area contributed by atoms with Gasteiger partial charge in [-0.25, -0.2) is 4.79 Å². The average molecular weight is 395 g/mol. The van der Waals surface area contributed by atoms with Crippen molar-refractivity contribution < 1.29 is 9.59 Å². The van der Waals surface area contributed by atoms with Gasteiger partial charge in [0, 0.05) is 32.1 Å². The molecule has 0 unspecified atom stereocenters. The van der Waals surface area contributed by atoms with Crippen LogP contribution in [0.4, 0.5) is 4.79 Å². The highest BCUT2D eigenvalue weighted by Gasteiger charge is 2.61. The third kappa shape index (κ3) is 3.32. The Morgan fingerprint density at radius 1 is 1.21 bits per heavy atom. The molecule has 2 aliphatic heterocycles. The predicted octanol–water partition coefficient (Wildman–Crippen LogP) is 2.69. The van der Waals surface area contributed by atoms with E-state index in [4.69, 9.17) is 4.99 Å². The minimum Gasteiger partial charge on any atom is -0.338 e. The Kier molecular flexibility index (Phi) is 4.60. The van der Waals surface area contributed by atoms with E-state index < -0.39 is 5.54 Å². The first-order valence-electron chi connectivity index (χ1n) is 11.0. The van der Waals surface area contributed by atoms with Gasteiger partial charge in [-0.2, -0.15) is 0 Å². The summed E-state index contributed by atoms with van der Waals surface area (Å²) in [6.07, 6.45) is 5.11. The molecule has 6 nitrogen and oxygen atoms in total. The summed E-state index contributed by atoms with van der Waals surface area (Å²) in [6, 6.07) is 10.2. The van der Waals surface area contributed by atoms with Crippen molar-refractivity contribution in [1.82, 2.24) is 15.1 Å². The van der Waals surface area contributed by atoms with E-state index in [1.54, 1.807) is 0 Å². The van der Waals surface area contributed by atoms with Crippen LogP contribution in [0, 0.1) is 17.8 Å². The van der Waals surface area contributed by atoms with E-state index in [1.807, 2.05) is 34.9 Å². The molecule has 29 heavy (non-hydrogen) atoms. The Hall–Kier alpha value is -2.37. The second-order valence-corrected chi connectivity index (χ2v) is 9.22. The predicted molar refractivity (Wildman–Crippen MR) is 112 cm³/mol. The summed E-state index contributed by atoms with van der Waals surface area (Å²) in [6.45, 7) is 4.82. The number of urea groups is 1. The molecule has 1 saturated heterocycles. The molecule has 1 aromatic rings. The summed E-state index contributed by atoms with van der Waals surface area (Å²) < 4.78 is 0. The molecule has 0 bridgehead atoms. The fraction of sp³-hybridized carbons (Fsp3) is 0.609. The third-order valence-corrected chi connectivity index (χ3v) is 7.28. The number of aliphatic imine (C=N–C) groups is 1. The van der Waals surface area contributed by atoms with E-state index in [-0.39, 0.29) is 17.9 Å². The van der Waals surface area contributed by atoms with Gasteiger partial charge in [0.05, 0.1) is 0 Å². The first-order valence-corrected chi connectivity index (χ1v) is 11.0. The zero-order chi connectivity index (χ0) is 20.0. The van der Waals surface area contributed by atoms with Crippen molar-refractivity contribution in [3.8, 4) is 0 Å². The number of likely N-dealkylation sites (tertiary alicyclic amines) is 1. The number of rotatable bonds is 5. The Labute approximate surface area is 172 Å². The number of fused-ring (bicyclic) bond motifs is 2. The molecule has 3 amide bonds. The van der Waals surface area contributed by atoms with Gasteiger partial charge < -0.3 is 10.2 Å². The van der Waals surface area contributed by atoms with E-state index in [0.717, 1.165) is 38.2 Å². The number of nitrogens with zero attached hydrogens (tertiary/aromatic N) is 3. The molecular formula is C23H30N4O2. The van der Waals surface area contributed by atoms with Crippen LogP contribution in [0.5, 0.6) is 0 Å². The van der Waals surface area contributed by atoms with E-state index >= 15 is 0 Å². The van der Waals surface area contributed by atoms with Gasteiger partial charge in [-0.15, -0.1) is 0 Å². The lowest BCUT2D eigenvalue weighted by Crippen LogP contribution is -2.48. The monoisotopic (exact) mass is 394 g/mol. The van der Waals surface area contributed by atoms with Crippen molar-refractivity contribution in [2.24, 2.45) is 22.7 Å². The van der Waals surface area contributed by atoms with Crippen LogP contribution in [0.25, 0.3) is 0 Å². The van der Waals surface area contributed by atoms with E-state index in [1.165, 1.54) is 18.4 Å². The molecule has 4 aliphatic rings. The molecule has 3 atom stereocenters. The van der Waals surface area contributed by atoms with Crippen molar-refractivity contribution in [1.29, 1.82) is 0 Å². The summed E-state index contributed by atoms with van der Waals surface area (Å²) in [5, 5.41) is 3.06. The molecule has 5 rings (SSSR count). The quantitative estimate of drug-likeness (QED) is 0.835. The van der Waals surface area contributed by atoms with Crippen molar-refractivity contribution in [3.63, 3.8) is 0 Å². The zero-order valence-electron chi connectivity index (χ0n) is 17.1. The largest absolute Gasteiger partial charge is 0.338 e. The second-order valence-electron chi connectivity index (χ2n) is 9.22. The van der Waals surface area contributed by atoms with Gasteiger partial charge in [0.2, 0.25) is 0 Å². The lowest BCUT2D eigenvalue weighted by molar-refractivity contribution is -0.132. The smallest absolute Gasteiger partial charge is 0.317 e. The maximum Gasteiger partial charge on any atom is 0.317 e. The van der Waals surface area contributed by atoms with Gasteiger partial charge in [0.15, 0.2) is 0 Å². The first-order chi connectivity index (χ1) is 14.1. The molecule has 6 heteroatoms. The highest BCUT2D eigenvalue weighted by molar-refractivity contribution is 6.07. The fourth-order valence-electron chi connectivity index (χ4n) is 5.49. The van der Waals surface area contributed by atoms with Gasteiger partial charge in [0.25, 0.3) is 5.91 Å². The second kappa shape index (κ2) is 7.15. The minimum absolute atomic E-state index is 0.00790. The normalized spacial score (nSPS) is 30.8. The van der Waals surface area contributed by atoms with E-state index in [0.29, 0.717) is 24.9 Å². The molecular weight excluding hydrogens is 364 g/mol. The van der Waals surface area contributed by atoms with Gasteiger partial charge in [-0.05, 0) is 56.4 Å². The maximum atomic E-state index is 13.3. The molecule has 2 saturated carbocycles. The summed E-state index contributed by atoms with van der Waals surface area (Å²) >= 11 is 0. The number of benzene rings is 1. The van der Waals surface area contributed by atoms with Crippen molar-refractivity contribution >= 4 is 17.8 Å². The first kappa shape index (κ1) is 18.6. The summed E-state index contributed by atoms with van der Waals surface area (Å²) in [7, 11) is 0. The Morgan fingerprint density at radius 2 is 2.00 bits per heavy atom. The lowest BCUT2D eigenvalue weighted by atomic mass is 9.85. The van der Waals surface area contributed by atoms with Crippen LogP contribution in [-0.2, 0) is 11.2 Å².